The lowest BCUT2D eigenvalue weighted by Gasteiger charge is -2.23. The van der Waals surface area contributed by atoms with Crippen LogP contribution in [0.25, 0.3) is 0 Å². The highest BCUT2D eigenvalue weighted by atomic mass is 16.5. The number of amides is 4. The Morgan fingerprint density at radius 1 is 1.32 bits per heavy atom. The molecule has 0 aromatic heterocycles. The minimum Gasteiger partial charge on any atom is -0.497 e. The molecule has 0 saturated carbocycles. The summed E-state index contributed by atoms with van der Waals surface area (Å²) >= 11 is 0. The zero-order valence-electron chi connectivity index (χ0n) is 16.4. The molecule has 0 radical (unpaired) electrons. The molecule has 0 spiro atoms. The second-order valence-corrected chi connectivity index (χ2v) is 7.53. The quantitative estimate of drug-likeness (QED) is 0.605. The fourth-order valence-electron chi connectivity index (χ4n) is 3.75. The van der Waals surface area contributed by atoms with Gasteiger partial charge in [0, 0.05) is 6.54 Å². The van der Waals surface area contributed by atoms with Crippen LogP contribution in [0.15, 0.2) is 24.3 Å². The number of urea groups is 1. The molecule has 3 N–H and O–H groups in total. The van der Waals surface area contributed by atoms with E-state index < -0.39 is 17.5 Å². The Balaban J connectivity index is 1.55. The number of imide groups is 1. The number of methoxy groups -OCH3 is 1. The van der Waals surface area contributed by atoms with Crippen molar-refractivity contribution in [3.63, 3.8) is 0 Å². The number of carbonyl (C=O) groups is 3. The Bertz CT molecular complexity index is 730. The summed E-state index contributed by atoms with van der Waals surface area (Å²) in [6.07, 6.45) is 3.21. The molecule has 2 aliphatic rings. The number of rotatable bonds is 7. The Kier molecular flexibility index (Phi) is 6.18. The summed E-state index contributed by atoms with van der Waals surface area (Å²) in [7, 11) is 1.56. The van der Waals surface area contributed by atoms with Crippen LogP contribution in [0.4, 0.5) is 4.79 Å². The van der Waals surface area contributed by atoms with Crippen molar-refractivity contribution in [2.24, 2.45) is 5.92 Å². The lowest BCUT2D eigenvalue weighted by Crippen LogP contribution is -2.43. The highest BCUT2D eigenvalue weighted by Crippen LogP contribution is 2.29. The first-order valence-corrected chi connectivity index (χ1v) is 9.70. The van der Waals surface area contributed by atoms with E-state index in [-0.39, 0.29) is 12.5 Å². The van der Waals surface area contributed by atoms with E-state index in [1.807, 2.05) is 0 Å². The highest BCUT2D eigenvalue weighted by Gasteiger charge is 2.49. The number of hydrogen-bond acceptors (Lipinski definition) is 5. The van der Waals surface area contributed by atoms with Gasteiger partial charge in [-0.25, -0.2) is 4.79 Å². The van der Waals surface area contributed by atoms with E-state index in [0.717, 1.165) is 37.3 Å². The van der Waals surface area contributed by atoms with Gasteiger partial charge in [0.1, 0.15) is 17.8 Å². The van der Waals surface area contributed by atoms with Crippen LogP contribution in [-0.4, -0.2) is 56.0 Å². The minimum absolute atomic E-state index is 0.278. The molecular formula is C20H28N4O4. The summed E-state index contributed by atoms with van der Waals surface area (Å²) in [5, 5.41) is 8.88. The van der Waals surface area contributed by atoms with E-state index in [4.69, 9.17) is 4.74 Å². The van der Waals surface area contributed by atoms with E-state index >= 15 is 0 Å². The lowest BCUT2D eigenvalue weighted by atomic mass is 9.92. The largest absolute Gasteiger partial charge is 0.497 e. The van der Waals surface area contributed by atoms with Crippen LogP contribution >= 0.6 is 0 Å². The van der Waals surface area contributed by atoms with Crippen molar-refractivity contribution in [3.05, 3.63) is 29.8 Å². The van der Waals surface area contributed by atoms with Gasteiger partial charge in [0.05, 0.1) is 7.11 Å². The van der Waals surface area contributed by atoms with Crippen LogP contribution < -0.4 is 20.7 Å². The number of nitrogens with zero attached hydrogens (tertiary/aromatic N) is 1. The summed E-state index contributed by atoms with van der Waals surface area (Å²) in [5.41, 5.74) is -0.559. The second kappa shape index (κ2) is 8.60. The molecule has 2 atom stereocenters. The first-order valence-electron chi connectivity index (χ1n) is 9.70. The summed E-state index contributed by atoms with van der Waals surface area (Å²) in [4.78, 5) is 38.4. The van der Waals surface area contributed by atoms with Gasteiger partial charge in [-0.2, -0.15) is 0 Å². The maximum Gasteiger partial charge on any atom is 0.325 e. The van der Waals surface area contributed by atoms with Crippen LogP contribution in [0.3, 0.4) is 0 Å². The summed E-state index contributed by atoms with van der Waals surface area (Å²) < 4.78 is 5.13. The van der Waals surface area contributed by atoms with Gasteiger partial charge in [0.25, 0.3) is 5.91 Å². The highest BCUT2D eigenvalue weighted by molar-refractivity contribution is 6.09. The molecule has 2 fully saturated rings. The molecule has 3 rings (SSSR count). The first kappa shape index (κ1) is 20.1. The fraction of sp³-hybridized carbons (Fsp3) is 0.550. The van der Waals surface area contributed by atoms with E-state index in [0.29, 0.717) is 23.8 Å². The van der Waals surface area contributed by atoms with Gasteiger partial charge in [-0.1, -0.05) is 12.1 Å². The standard InChI is InChI=1S/C20H28N4O4/c1-20(15-5-7-16(28-2)8-6-15)18(26)24(19(27)23-20)13-17(25)22-11-9-14-4-3-10-21-12-14/h5-8,14,21H,3-4,9-13H2,1-2H3,(H,22,25)(H,23,27). The maximum absolute atomic E-state index is 12.9. The van der Waals surface area contributed by atoms with Crippen molar-refractivity contribution in [2.45, 2.75) is 31.7 Å². The monoisotopic (exact) mass is 388 g/mol. The predicted molar refractivity (Wildman–Crippen MR) is 104 cm³/mol. The van der Waals surface area contributed by atoms with Crippen LogP contribution in [0.2, 0.25) is 0 Å². The SMILES string of the molecule is COc1ccc(C2(C)NC(=O)N(CC(=O)NCCC3CCCNC3)C2=O)cc1. The molecule has 152 valence electrons. The zero-order valence-corrected chi connectivity index (χ0v) is 16.4. The summed E-state index contributed by atoms with van der Waals surface area (Å²) in [6.45, 7) is 3.94. The van der Waals surface area contributed by atoms with Gasteiger partial charge in [0.15, 0.2) is 0 Å². The number of carbonyl (C=O) groups excluding carboxylic acids is 3. The number of hydrogen-bond donors (Lipinski definition) is 3. The fourth-order valence-corrected chi connectivity index (χ4v) is 3.75. The van der Waals surface area contributed by atoms with Gasteiger partial charge >= 0.3 is 6.03 Å². The topological polar surface area (TPSA) is 99.8 Å². The third-order valence-corrected chi connectivity index (χ3v) is 5.52. The smallest absolute Gasteiger partial charge is 0.325 e. The molecule has 0 aliphatic carbocycles. The predicted octanol–water partition coefficient (Wildman–Crippen LogP) is 0.968. The van der Waals surface area contributed by atoms with Gasteiger partial charge < -0.3 is 20.7 Å². The molecule has 1 aromatic rings. The molecular weight excluding hydrogens is 360 g/mol. The van der Waals surface area contributed by atoms with E-state index in [9.17, 15) is 14.4 Å². The van der Waals surface area contributed by atoms with E-state index in [2.05, 4.69) is 16.0 Å². The molecule has 8 heteroatoms. The number of benzene rings is 1. The summed E-state index contributed by atoms with van der Waals surface area (Å²) in [6, 6.07) is 6.37. The number of piperidine rings is 1. The minimum atomic E-state index is -1.20. The Morgan fingerprint density at radius 2 is 2.07 bits per heavy atom. The van der Waals surface area contributed by atoms with Crippen molar-refractivity contribution in [3.8, 4) is 5.75 Å². The van der Waals surface area contributed by atoms with Crippen LogP contribution in [0.1, 0.15) is 31.7 Å². The Labute approximate surface area is 165 Å². The molecule has 2 aliphatic heterocycles. The Hall–Kier alpha value is -2.61. The number of ether oxygens (including phenoxy) is 1. The molecule has 4 amide bonds. The van der Waals surface area contributed by atoms with Gasteiger partial charge in [-0.3, -0.25) is 14.5 Å². The van der Waals surface area contributed by atoms with Crippen LogP contribution in [0, 0.1) is 5.92 Å². The average Bonchev–Trinajstić information content (AvgIpc) is 2.93. The van der Waals surface area contributed by atoms with Gasteiger partial charge in [-0.05, 0) is 62.9 Å². The van der Waals surface area contributed by atoms with Crippen LogP contribution in [0.5, 0.6) is 5.75 Å². The molecule has 28 heavy (non-hydrogen) atoms. The van der Waals surface area contributed by atoms with Crippen molar-refractivity contribution in [1.82, 2.24) is 20.9 Å². The second-order valence-electron chi connectivity index (χ2n) is 7.53. The van der Waals surface area contributed by atoms with Crippen LogP contribution in [-0.2, 0) is 15.1 Å². The normalized spacial score (nSPS) is 24.8. The molecule has 8 nitrogen and oxygen atoms in total. The third kappa shape index (κ3) is 4.27. The molecule has 2 unspecified atom stereocenters. The Morgan fingerprint density at radius 3 is 2.71 bits per heavy atom. The van der Waals surface area contributed by atoms with Crippen molar-refractivity contribution >= 4 is 17.8 Å². The van der Waals surface area contributed by atoms with E-state index in [1.165, 1.54) is 0 Å². The lowest BCUT2D eigenvalue weighted by molar-refractivity contribution is -0.134. The maximum atomic E-state index is 12.9. The molecule has 0 bridgehead atoms. The van der Waals surface area contributed by atoms with Gasteiger partial charge in [0.2, 0.25) is 5.91 Å². The first-order chi connectivity index (χ1) is 13.4. The summed E-state index contributed by atoms with van der Waals surface area (Å²) in [5.74, 6) is 0.457. The molecule has 1 aromatic carbocycles. The molecule has 2 heterocycles. The van der Waals surface area contributed by atoms with Crippen molar-refractivity contribution < 1.29 is 19.1 Å². The van der Waals surface area contributed by atoms with Crippen molar-refractivity contribution in [1.29, 1.82) is 0 Å². The zero-order chi connectivity index (χ0) is 20.1. The number of nitrogens with one attached hydrogen (secondary N) is 3. The third-order valence-electron chi connectivity index (χ3n) is 5.52. The van der Waals surface area contributed by atoms with Crippen molar-refractivity contribution in [2.75, 3.05) is 33.3 Å². The van der Waals surface area contributed by atoms with Gasteiger partial charge in [-0.15, -0.1) is 0 Å². The van der Waals surface area contributed by atoms with E-state index in [1.54, 1.807) is 38.3 Å². The average molecular weight is 388 g/mol. The molecule has 2 saturated heterocycles.